The smallest absolute Gasteiger partial charge is 0.204 e. The number of ketones is 1. The van der Waals surface area contributed by atoms with Gasteiger partial charge in [0.05, 0.1) is 34.0 Å². The Labute approximate surface area is 151 Å². The molecule has 1 aliphatic rings. The maximum atomic E-state index is 12.7. The van der Waals surface area contributed by atoms with Gasteiger partial charge in [0.1, 0.15) is 0 Å². The van der Waals surface area contributed by atoms with Crippen molar-refractivity contribution in [2.75, 3.05) is 28.4 Å². The molecule has 26 heavy (non-hydrogen) atoms. The first-order valence-electron chi connectivity index (χ1n) is 7.91. The van der Waals surface area contributed by atoms with Crippen LogP contribution in [0.15, 0.2) is 30.3 Å². The van der Waals surface area contributed by atoms with Crippen LogP contribution in [0.5, 0.6) is 28.7 Å². The largest absolute Gasteiger partial charge is 0.493 e. The van der Waals surface area contributed by atoms with Gasteiger partial charge in [-0.1, -0.05) is 6.07 Å². The number of methoxy groups -OCH3 is 4. The number of carbonyl (C=O) groups is 1. The minimum atomic E-state index is -1.36. The van der Waals surface area contributed by atoms with Crippen molar-refractivity contribution in [3.63, 3.8) is 0 Å². The predicted octanol–water partition coefficient (Wildman–Crippen LogP) is 2.40. The summed E-state index contributed by atoms with van der Waals surface area (Å²) in [7, 11) is 5.99. The van der Waals surface area contributed by atoms with E-state index in [0.29, 0.717) is 28.6 Å². The minimum absolute atomic E-state index is 0.238. The second kappa shape index (κ2) is 7.13. The van der Waals surface area contributed by atoms with Gasteiger partial charge in [0.15, 0.2) is 41.0 Å². The molecular formula is C19H20O7. The van der Waals surface area contributed by atoms with Crippen molar-refractivity contribution >= 4 is 5.78 Å². The van der Waals surface area contributed by atoms with Gasteiger partial charge >= 0.3 is 0 Å². The maximum Gasteiger partial charge on any atom is 0.204 e. The molecule has 2 aromatic carbocycles. The molecule has 3 rings (SSSR count). The lowest BCUT2D eigenvalue weighted by atomic mass is 9.93. The van der Waals surface area contributed by atoms with Crippen molar-refractivity contribution in [3.8, 4) is 28.7 Å². The van der Waals surface area contributed by atoms with Gasteiger partial charge in [-0.05, 0) is 29.8 Å². The fourth-order valence-corrected chi connectivity index (χ4v) is 2.98. The first-order valence-corrected chi connectivity index (χ1v) is 7.91. The molecule has 0 saturated heterocycles. The number of Topliss-reactive ketones (excluding diaryl/α,β-unsaturated/α-hetero) is 1. The van der Waals surface area contributed by atoms with Gasteiger partial charge < -0.3 is 28.8 Å². The summed E-state index contributed by atoms with van der Waals surface area (Å²) in [4.78, 5) is 12.7. The van der Waals surface area contributed by atoms with Crippen LogP contribution in [0, 0.1) is 0 Å². The molecule has 2 aromatic rings. The van der Waals surface area contributed by atoms with Crippen LogP contribution in [0.2, 0.25) is 0 Å². The summed E-state index contributed by atoms with van der Waals surface area (Å²) in [5.41, 5.74) is 0.811. The van der Waals surface area contributed by atoms with Crippen LogP contribution in [0.3, 0.4) is 0 Å². The maximum absolute atomic E-state index is 12.7. The summed E-state index contributed by atoms with van der Waals surface area (Å²) in [5.74, 6) is 1.52. The van der Waals surface area contributed by atoms with Crippen LogP contribution in [-0.4, -0.2) is 45.4 Å². The Balaban J connectivity index is 2.08. The molecule has 2 unspecified atom stereocenters. The molecule has 1 aliphatic heterocycles. The van der Waals surface area contributed by atoms with E-state index in [1.54, 1.807) is 30.3 Å². The molecule has 138 valence electrons. The van der Waals surface area contributed by atoms with Crippen LogP contribution < -0.4 is 23.7 Å². The average molecular weight is 360 g/mol. The molecule has 0 radical (unpaired) electrons. The van der Waals surface area contributed by atoms with E-state index in [1.807, 2.05) is 0 Å². The van der Waals surface area contributed by atoms with E-state index >= 15 is 0 Å². The topological polar surface area (TPSA) is 83.5 Å². The van der Waals surface area contributed by atoms with Gasteiger partial charge in [-0.15, -0.1) is 0 Å². The third-order valence-corrected chi connectivity index (χ3v) is 4.30. The molecule has 0 bridgehead atoms. The van der Waals surface area contributed by atoms with E-state index < -0.39 is 18.0 Å². The third-order valence-electron chi connectivity index (χ3n) is 4.30. The number of benzene rings is 2. The van der Waals surface area contributed by atoms with Crippen molar-refractivity contribution in [1.29, 1.82) is 0 Å². The number of rotatable bonds is 5. The molecule has 7 nitrogen and oxygen atoms in total. The van der Waals surface area contributed by atoms with Gasteiger partial charge in [-0.2, -0.15) is 0 Å². The van der Waals surface area contributed by atoms with Crippen LogP contribution in [0.4, 0.5) is 0 Å². The van der Waals surface area contributed by atoms with Gasteiger partial charge in [0.25, 0.3) is 0 Å². The standard InChI is InChI=1S/C19H20O7/c1-22-12-7-5-10(9-14(12)24-3)17-16(21)15(20)11-6-8-13(23-2)19(25-4)18(11)26-17/h5-9,16-17,21H,1-4H3. The molecule has 0 saturated carbocycles. The number of hydrogen-bond donors (Lipinski definition) is 1. The average Bonchev–Trinajstić information content (AvgIpc) is 2.68. The van der Waals surface area contributed by atoms with Crippen LogP contribution in [0.25, 0.3) is 0 Å². The van der Waals surface area contributed by atoms with E-state index in [-0.39, 0.29) is 11.3 Å². The van der Waals surface area contributed by atoms with Gasteiger partial charge in [-0.3, -0.25) is 4.79 Å². The van der Waals surface area contributed by atoms with E-state index in [9.17, 15) is 9.90 Å². The second-order valence-electron chi connectivity index (χ2n) is 5.64. The van der Waals surface area contributed by atoms with Crippen molar-refractivity contribution < 1.29 is 33.6 Å². The summed E-state index contributed by atoms with van der Waals surface area (Å²) in [6.45, 7) is 0. The van der Waals surface area contributed by atoms with Gasteiger partial charge in [0, 0.05) is 0 Å². The van der Waals surface area contributed by atoms with Gasteiger partial charge in [0.2, 0.25) is 5.75 Å². The summed E-state index contributed by atoms with van der Waals surface area (Å²) >= 11 is 0. The summed E-state index contributed by atoms with van der Waals surface area (Å²) in [6.07, 6.45) is -2.28. The van der Waals surface area contributed by atoms with Crippen molar-refractivity contribution in [1.82, 2.24) is 0 Å². The van der Waals surface area contributed by atoms with E-state index in [1.165, 1.54) is 28.4 Å². The Kier molecular flexibility index (Phi) is 4.90. The zero-order chi connectivity index (χ0) is 18.8. The highest BCUT2D eigenvalue weighted by molar-refractivity contribution is 6.04. The molecule has 1 heterocycles. The lowest BCUT2D eigenvalue weighted by molar-refractivity contribution is 0.0202. The molecule has 0 amide bonds. The predicted molar refractivity (Wildman–Crippen MR) is 92.8 cm³/mol. The SMILES string of the molecule is COc1ccc(C2Oc3c(ccc(OC)c3OC)C(=O)C2O)cc1OC. The quantitative estimate of drug-likeness (QED) is 0.876. The number of aliphatic hydroxyl groups is 1. The number of carbonyl (C=O) groups excluding carboxylic acids is 1. The normalized spacial score (nSPS) is 18.6. The molecule has 7 heteroatoms. The fraction of sp³-hybridized carbons (Fsp3) is 0.316. The Morgan fingerprint density at radius 1 is 0.885 bits per heavy atom. The highest BCUT2D eigenvalue weighted by Gasteiger charge is 2.39. The first-order chi connectivity index (χ1) is 12.5. The third kappa shape index (κ3) is 2.80. The van der Waals surface area contributed by atoms with Crippen molar-refractivity contribution in [3.05, 3.63) is 41.5 Å². The van der Waals surface area contributed by atoms with Crippen LogP contribution in [-0.2, 0) is 0 Å². The Hall–Kier alpha value is -2.93. The molecule has 0 fully saturated rings. The number of fused-ring (bicyclic) bond motifs is 1. The monoisotopic (exact) mass is 360 g/mol. The van der Waals surface area contributed by atoms with Gasteiger partial charge in [-0.25, -0.2) is 0 Å². The number of aliphatic hydroxyl groups excluding tert-OH is 1. The molecular weight excluding hydrogens is 340 g/mol. The number of ether oxygens (including phenoxy) is 5. The van der Waals surface area contributed by atoms with Crippen LogP contribution >= 0.6 is 0 Å². The Morgan fingerprint density at radius 3 is 2.15 bits per heavy atom. The van der Waals surface area contributed by atoms with Crippen molar-refractivity contribution in [2.24, 2.45) is 0 Å². The molecule has 2 atom stereocenters. The lowest BCUT2D eigenvalue weighted by Crippen LogP contribution is -2.36. The van der Waals surface area contributed by atoms with Crippen molar-refractivity contribution in [2.45, 2.75) is 12.2 Å². The fourth-order valence-electron chi connectivity index (χ4n) is 2.98. The molecule has 0 aliphatic carbocycles. The Bertz CT molecular complexity index is 831. The molecule has 0 aromatic heterocycles. The summed E-state index contributed by atoms with van der Waals surface area (Å²) in [6, 6.07) is 8.21. The van der Waals surface area contributed by atoms with E-state index in [4.69, 9.17) is 23.7 Å². The highest BCUT2D eigenvalue weighted by atomic mass is 16.5. The zero-order valence-electron chi connectivity index (χ0n) is 14.9. The molecule has 1 N–H and O–H groups in total. The van der Waals surface area contributed by atoms with E-state index in [0.717, 1.165) is 0 Å². The Morgan fingerprint density at radius 2 is 1.54 bits per heavy atom. The summed E-state index contributed by atoms with van der Waals surface area (Å²) in [5, 5.41) is 10.5. The number of hydrogen-bond acceptors (Lipinski definition) is 7. The highest BCUT2D eigenvalue weighted by Crippen LogP contribution is 2.46. The lowest BCUT2D eigenvalue weighted by Gasteiger charge is -2.31. The minimum Gasteiger partial charge on any atom is -0.493 e. The first kappa shape index (κ1) is 17.9. The molecule has 0 spiro atoms. The van der Waals surface area contributed by atoms with Crippen LogP contribution in [0.1, 0.15) is 22.0 Å². The second-order valence-corrected chi connectivity index (χ2v) is 5.64. The summed E-state index contributed by atoms with van der Waals surface area (Å²) < 4.78 is 27.1. The van der Waals surface area contributed by atoms with E-state index in [2.05, 4.69) is 0 Å². The zero-order valence-corrected chi connectivity index (χ0v) is 14.9.